The molecule has 164 valence electrons. The van der Waals surface area contributed by atoms with Crippen LogP contribution in [-0.2, 0) is 29.7 Å². The van der Waals surface area contributed by atoms with Crippen LogP contribution in [0.4, 0.5) is 0 Å². The van der Waals surface area contributed by atoms with Gasteiger partial charge in [-0.05, 0) is 36.8 Å². The van der Waals surface area contributed by atoms with Crippen molar-refractivity contribution in [3.8, 4) is 0 Å². The summed E-state index contributed by atoms with van der Waals surface area (Å²) in [6.45, 7) is 5.59. The van der Waals surface area contributed by atoms with E-state index in [1.165, 1.54) is 5.56 Å². The second kappa shape index (κ2) is 9.44. The summed E-state index contributed by atoms with van der Waals surface area (Å²) >= 11 is 5.67. The van der Waals surface area contributed by atoms with Crippen LogP contribution in [0.1, 0.15) is 18.3 Å². The lowest BCUT2D eigenvalue weighted by atomic mass is 10.1. The lowest BCUT2D eigenvalue weighted by Crippen LogP contribution is -2.48. The molecule has 2 heterocycles. The summed E-state index contributed by atoms with van der Waals surface area (Å²) in [5, 5.41) is 4.79. The Hall–Kier alpha value is -2.33. The van der Waals surface area contributed by atoms with Crippen LogP contribution in [0.2, 0.25) is 0 Å². The Bertz CT molecular complexity index is 1170. The summed E-state index contributed by atoms with van der Waals surface area (Å²) in [5.41, 5.74) is 1.20. The van der Waals surface area contributed by atoms with Gasteiger partial charge in [0.1, 0.15) is 5.82 Å². The average molecular weight is 458 g/mol. The molecule has 7 nitrogen and oxygen atoms in total. The first-order valence-corrected chi connectivity index (χ1v) is 12.3. The van der Waals surface area contributed by atoms with Gasteiger partial charge < -0.3 is 4.57 Å². The monoisotopic (exact) mass is 457 g/mol. The van der Waals surface area contributed by atoms with E-state index in [9.17, 15) is 8.42 Å². The van der Waals surface area contributed by atoms with Crippen LogP contribution < -0.4 is 0 Å². The minimum absolute atomic E-state index is 0.345. The molecular weight excluding hydrogens is 430 g/mol. The summed E-state index contributed by atoms with van der Waals surface area (Å²) in [5.74, 6) is 0.948. The highest BCUT2D eigenvalue weighted by molar-refractivity contribution is 7.89. The van der Waals surface area contributed by atoms with Gasteiger partial charge in [-0.1, -0.05) is 48.5 Å². The molecular formula is C22H27N5O2S2. The van der Waals surface area contributed by atoms with Crippen LogP contribution in [0.3, 0.4) is 0 Å². The molecule has 0 amide bonds. The topological polar surface area (TPSA) is 63.4 Å². The summed E-state index contributed by atoms with van der Waals surface area (Å²) in [6, 6.07) is 18.9. The zero-order chi connectivity index (χ0) is 21.8. The molecule has 1 aliphatic rings. The third-order valence-electron chi connectivity index (χ3n) is 5.57. The molecule has 0 spiro atoms. The zero-order valence-corrected chi connectivity index (χ0v) is 19.2. The molecule has 0 N–H and O–H groups in total. The van der Waals surface area contributed by atoms with Crippen molar-refractivity contribution in [3.63, 3.8) is 0 Å². The van der Waals surface area contributed by atoms with Gasteiger partial charge in [0.2, 0.25) is 10.0 Å². The van der Waals surface area contributed by atoms with E-state index in [4.69, 9.17) is 17.3 Å². The largest absolute Gasteiger partial charge is 0.304 e. The predicted octanol–water partition coefficient (Wildman–Crippen LogP) is 2.99. The van der Waals surface area contributed by atoms with Crippen molar-refractivity contribution < 1.29 is 8.42 Å². The minimum Gasteiger partial charge on any atom is -0.304 e. The Balaban J connectivity index is 1.43. The van der Waals surface area contributed by atoms with Crippen molar-refractivity contribution in [2.45, 2.75) is 31.5 Å². The summed E-state index contributed by atoms with van der Waals surface area (Å²) in [7, 11) is -3.45. The normalized spacial score (nSPS) is 15.9. The van der Waals surface area contributed by atoms with E-state index in [1.807, 2.05) is 28.9 Å². The summed E-state index contributed by atoms with van der Waals surface area (Å²) < 4.78 is 31.9. The maximum Gasteiger partial charge on any atom is 0.243 e. The highest BCUT2D eigenvalue weighted by atomic mass is 32.2. The first-order chi connectivity index (χ1) is 15.0. The predicted molar refractivity (Wildman–Crippen MR) is 123 cm³/mol. The molecule has 1 aliphatic heterocycles. The van der Waals surface area contributed by atoms with E-state index < -0.39 is 10.0 Å². The van der Waals surface area contributed by atoms with Crippen molar-refractivity contribution in [2.24, 2.45) is 0 Å². The molecule has 1 fully saturated rings. The number of piperazine rings is 1. The zero-order valence-electron chi connectivity index (χ0n) is 17.6. The number of hydrogen-bond acceptors (Lipinski definition) is 5. The van der Waals surface area contributed by atoms with Crippen LogP contribution in [0.15, 0.2) is 65.6 Å². The van der Waals surface area contributed by atoms with E-state index in [1.54, 1.807) is 28.6 Å². The van der Waals surface area contributed by atoms with Gasteiger partial charge in [0.15, 0.2) is 4.77 Å². The maximum absolute atomic E-state index is 12.8. The van der Waals surface area contributed by atoms with Gasteiger partial charge >= 0.3 is 0 Å². The van der Waals surface area contributed by atoms with Crippen molar-refractivity contribution in [1.82, 2.24) is 23.6 Å². The fourth-order valence-electron chi connectivity index (χ4n) is 3.85. The third-order valence-corrected chi connectivity index (χ3v) is 7.91. The van der Waals surface area contributed by atoms with Crippen LogP contribution in [0, 0.1) is 4.77 Å². The van der Waals surface area contributed by atoms with Crippen LogP contribution in [0.5, 0.6) is 0 Å². The molecule has 0 unspecified atom stereocenters. The summed E-state index contributed by atoms with van der Waals surface area (Å²) in [6.07, 6.45) is 0.731. The van der Waals surface area contributed by atoms with E-state index >= 15 is 0 Å². The SMILES string of the molecule is CCn1c(Cc2ccccc2)nn(CN2CCN(S(=O)(=O)c3ccccc3)CC2)c1=S. The number of rotatable bonds is 7. The maximum atomic E-state index is 12.8. The van der Waals surface area contributed by atoms with Gasteiger partial charge in [-0.15, -0.1) is 0 Å². The molecule has 4 rings (SSSR count). The number of nitrogens with zero attached hydrogens (tertiary/aromatic N) is 5. The van der Waals surface area contributed by atoms with Crippen molar-refractivity contribution in [2.75, 3.05) is 26.2 Å². The average Bonchev–Trinajstić information content (AvgIpc) is 3.09. The van der Waals surface area contributed by atoms with Crippen LogP contribution in [-0.4, -0.2) is 58.1 Å². The molecule has 0 bridgehead atoms. The lowest BCUT2D eigenvalue weighted by molar-refractivity contribution is 0.144. The Morgan fingerprint density at radius 3 is 2.16 bits per heavy atom. The molecule has 0 radical (unpaired) electrons. The lowest BCUT2D eigenvalue weighted by Gasteiger charge is -2.33. The molecule has 3 aromatic rings. The van der Waals surface area contributed by atoms with Gasteiger partial charge in [0.05, 0.1) is 11.6 Å². The molecule has 0 atom stereocenters. The minimum atomic E-state index is -3.45. The molecule has 2 aromatic carbocycles. The molecule has 1 saturated heterocycles. The van der Waals surface area contributed by atoms with E-state index in [2.05, 4.69) is 28.5 Å². The van der Waals surface area contributed by atoms with Gasteiger partial charge in [-0.3, -0.25) is 4.90 Å². The second-order valence-corrected chi connectivity index (χ2v) is 9.88. The Morgan fingerprint density at radius 1 is 0.935 bits per heavy atom. The quantitative estimate of drug-likeness (QED) is 0.511. The van der Waals surface area contributed by atoms with Gasteiger partial charge in [0, 0.05) is 39.1 Å². The van der Waals surface area contributed by atoms with Crippen molar-refractivity contribution in [1.29, 1.82) is 0 Å². The van der Waals surface area contributed by atoms with E-state index in [0.717, 1.165) is 18.8 Å². The fraction of sp³-hybridized carbons (Fsp3) is 0.364. The van der Waals surface area contributed by atoms with Crippen molar-refractivity contribution >= 4 is 22.2 Å². The third kappa shape index (κ3) is 4.79. The first-order valence-electron chi connectivity index (χ1n) is 10.5. The molecule has 31 heavy (non-hydrogen) atoms. The molecule has 9 heteroatoms. The van der Waals surface area contributed by atoms with E-state index in [0.29, 0.717) is 42.5 Å². The van der Waals surface area contributed by atoms with Gasteiger partial charge in [-0.2, -0.15) is 9.40 Å². The highest BCUT2D eigenvalue weighted by Crippen LogP contribution is 2.18. The van der Waals surface area contributed by atoms with Gasteiger partial charge in [0.25, 0.3) is 0 Å². The first kappa shape index (κ1) is 21.9. The molecule has 1 aromatic heterocycles. The van der Waals surface area contributed by atoms with Gasteiger partial charge in [-0.25, -0.2) is 13.1 Å². The number of sulfonamides is 1. The standard InChI is InChI=1S/C22H27N5O2S2/c1-2-26-21(17-19-9-5-3-6-10-19)23-27(22(26)30)18-24-13-15-25(16-14-24)31(28,29)20-11-7-4-8-12-20/h3-12H,2,13-18H2,1H3. The highest BCUT2D eigenvalue weighted by Gasteiger charge is 2.28. The smallest absolute Gasteiger partial charge is 0.243 e. The number of hydrogen-bond donors (Lipinski definition) is 0. The molecule has 0 aliphatic carbocycles. The summed E-state index contributed by atoms with van der Waals surface area (Å²) in [4.78, 5) is 2.55. The Morgan fingerprint density at radius 2 is 1.55 bits per heavy atom. The Kier molecular flexibility index (Phi) is 6.66. The number of aromatic nitrogens is 3. The number of benzene rings is 2. The van der Waals surface area contributed by atoms with E-state index in [-0.39, 0.29) is 0 Å². The Labute approximate surface area is 188 Å². The van der Waals surface area contributed by atoms with Crippen molar-refractivity contribution in [3.05, 3.63) is 76.8 Å². The van der Waals surface area contributed by atoms with Crippen LogP contribution in [0.25, 0.3) is 0 Å². The second-order valence-electron chi connectivity index (χ2n) is 7.58. The molecule has 0 saturated carbocycles. The fourth-order valence-corrected chi connectivity index (χ4v) is 5.62. The van der Waals surface area contributed by atoms with Crippen LogP contribution >= 0.6 is 12.2 Å².